The van der Waals surface area contributed by atoms with E-state index in [1.165, 1.54) is 7.11 Å². The van der Waals surface area contributed by atoms with Gasteiger partial charge in [-0.25, -0.2) is 0 Å². The number of carbonyl (C=O) groups excluding carboxylic acids is 2. The van der Waals surface area contributed by atoms with Crippen molar-refractivity contribution in [3.05, 3.63) is 36.0 Å². The van der Waals surface area contributed by atoms with Gasteiger partial charge in [-0.3, -0.25) is 9.59 Å². The highest BCUT2D eigenvalue weighted by molar-refractivity contribution is 9.10. The van der Waals surface area contributed by atoms with Crippen molar-refractivity contribution in [2.45, 2.75) is 11.4 Å². The molecule has 0 spiro atoms. The number of fused-ring (bicyclic) bond motifs is 1. The van der Waals surface area contributed by atoms with Crippen LogP contribution in [0.25, 0.3) is 10.9 Å². The zero-order valence-corrected chi connectivity index (χ0v) is 11.9. The normalized spacial score (nSPS) is 12.3. The monoisotopic (exact) mass is 324 g/mol. The van der Waals surface area contributed by atoms with Crippen LogP contribution >= 0.6 is 15.9 Å². The number of carbonyl (C=O) groups is 2. The van der Waals surface area contributed by atoms with Crippen LogP contribution < -0.4 is 5.73 Å². The molecule has 0 aliphatic carbocycles. The van der Waals surface area contributed by atoms with Gasteiger partial charge in [-0.2, -0.15) is 0 Å². The van der Waals surface area contributed by atoms with Crippen LogP contribution in [0.2, 0.25) is 0 Å². The third-order valence-electron chi connectivity index (χ3n) is 2.87. The molecule has 1 aromatic heterocycles. The predicted octanol–water partition coefficient (Wildman–Crippen LogP) is 1.68. The molecule has 0 fully saturated rings. The van der Waals surface area contributed by atoms with Crippen LogP contribution in [0, 0.1) is 0 Å². The summed E-state index contributed by atoms with van der Waals surface area (Å²) in [5.41, 5.74) is 6.65. The van der Waals surface area contributed by atoms with E-state index in [1.54, 1.807) is 6.20 Å². The second-order valence-corrected chi connectivity index (χ2v) is 5.17. The highest BCUT2D eigenvalue weighted by Crippen LogP contribution is 2.22. The number of benzene rings is 1. The summed E-state index contributed by atoms with van der Waals surface area (Å²) < 4.78 is 6.47. The van der Waals surface area contributed by atoms with E-state index in [0.29, 0.717) is 12.1 Å². The molecule has 1 atom stereocenters. The molecule has 1 unspecified atom stereocenters. The van der Waals surface area contributed by atoms with Gasteiger partial charge in [-0.15, -0.1) is 0 Å². The number of alkyl halides is 1. The molecule has 6 heteroatoms. The summed E-state index contributed by atoms with van der Waals surface area (Å²) in [6.45, 7) is 0.362. The molecule has 2 aromatic rings. The number of esters is 1. The van der Waals surface area contributed by atoms with E-state index in [-0.39, 0.29) is 5.97 Å². The average Bonchev–Trinajstić information content (AvgIpc) is 2.77. The Kier molecular flexibility index (Phi) is 3.90. The van der Waals surface area contributed by atoms with Gasteiger partial charge in [0.25, 0.3) is 5.91 Å². The standard InChI is InChI=1S/C13H13BrN2O3/c1-19-13(18)10(14)7-16-6-9(12(15)17)8-4-2-3-5-11(8)16/h2-6,10H,7H2,1H3,(H2,15,17). The summed E-state index contributed by atoms with van der Waals surface area (Å²) in [6.07, 6.45) is 1.66. The fourth-order valence-corrected chi connectivity index (χ4v) is 2.47. The zero-order valence-electron chi connectivity index (χ0n) is 10.3. The van der Waals surface area contributed by atoms with E-state index in [1.807, 2.05) is 28.8 Å². The number of primary amides is 1. The number of rotatable bonds is 4. The maximum atomic E-state index is 11.4. The number of hydrogen-bond donors (Lipinski definition) is 1. The largest absolute Gasteiger partial charge is 0.468 e. The lowest BCUT2D eigenvalue weighted by Crippen LogP contribution is -2.21. The Morgan fingerprint density at radius 1 is 1.42 bits per heavy atom. The van der Waals surface area contributed by atoms with Crippen LogP contribution in [0.5, 0.6) is 0 Å². The average molecular weight is 325 g/mol. The Labute approximate surface area is 118 Å². The van der Waals surface area contributed by atoms with Crippen molar-refractivity contribution in [3.8, 4) is 0 Å². The molecule has 2 N–H and O–H groups in total. The van der Waals surface area contributed by atoms with Crippen LogP contribution in [-0.2, 0) is 16.1 Å². The van der Waals surface area contributed by atoms with Crippen molar-refractivity contribution in [1.82, 2.24) is 4.57 Å². The SMILES string of the molecule is COC(=O)C(Br)Cn1cc(C(N)=O)c2ccccc21. The topological polar surface area (TPSA) is 74.3 Å². The number of nitrogens with zero attached hydrogens (tertiary/aromatic N) is 1. The number of aromatic nitrogens is 1. The van der Waals surface area contributed by atoms with Gasteiger partial charge in [0.05, 0.1) is 12.7 Å². The number of methoxy groups -OCH3 is 1. The second-order valence-electron chi connectivity index (χ2n) is 4.07. The van der Waals surface area contributed by atoms with Crippen molar-refractivity contribution in [1.29, 1.82) is 0 Å². The first-order valence-corrected chi connectivity index (χ1v) is 6.55. The Morgan fingerprint density at radius 3 is 2.74 bits per heavy atom. The minimum Gasteiger partial charge on any atom is -0.468 e. The van der Waals surface area contributed by atoms with E-state index in [9.17, 15) is 9.59 Å². The van der Waals surface area contributed by atoms with Gasteiger partial charge in [0, 0.05) is 23.6 Å². The minimum absolute atomic E-state index is 0.362. The summed E-state index contributed by atoms with van der Waals surface area (Å²) in [5, 5.41) is 0.777. The van der Waals surface area contributed by atoms with Crippen LogP contribution in [0.1, 0.15) is 10.4 Å². The van der Waals surface area contributed by atoms with Crippen molar-refractivity contribution >= 4 is 38.7 Å². The number of ether oxygens (including phenoxy) is 1. The molecule has 2 rings (SSSR count). The highest BCUT2D eigenvalue weighted by Gasteiger charge is 2.19. The van der Waals surface area contributed by atoms with Gasteiger partial charge >= 0.3 is 5.97 Å². The lowest BCUT2D eigenvalue weighted by Gasteiger charge is -2.09. The molecular formula is C13H13BrN2O3. The van der Waals surface area contributed by atoms with Crippen LogP contribution in [-0.4, -0.2) is 28.4 Å². The molecule has 1 aromatic carbocycles. The third-order valence-corrected chi connectivity index (χ3v) is 3.53. The molecule has 0 radical (unpaired) electrons. The molecule has 5 nitrogen and oxygen atoms in total. The number of nitrogens with two attached hydrogens (primary N) is 1. The summed E-state index contributed by atoms with van der Waals surface area (Å²) in [6, 6.07) is 7.40. The number of hydrogen-bond acceptors (Lipinski definition) is 3. The van der Waals surface area contributed by atoms with Gasteiger partial charge in [0.1, 0.15) is 4.83 Å². The maximum absolute atomic E-state index is 11.4. The molecule has 1 amide bonds. The lowest BCUT2D eigenvalue weighted by molar-refractivity contribution is -0.140. The van der Waals surface area contributed by atoms with E-state index in [4.69, 9.17) is 5.73 Å². The predicted molar refractivity (Wildman–Crippen MR) is 75.2 cm³/mol. The Morgan fingerprint density at radius 2 is 2.11 bits per heavy atom. The van der Waals surface area contributed by atoms with E-state index < -0.39 is 10.7 Å². The van der Waals surface area contributed by atoms with Gasteiger partial charge in [-0.1, -0.05) is 34.1 Å². The van der Waals surface area contributed by atoms with Crippen LogP contribution in [0.4, 0.5) is 0 Å². The Balaban J connectivity index is 2.44. The van der Waals surface area contributed by atoms with E-state index >= 15 is 0 Å². The molecule has 100 valence electrons. The quantitative estimate of drug-likeness (QED) is 0.686. The summed E-state index contributed by atoms with van der Waals surface area (Å²) in [5.74, 6) is -0.849. The number of para-hydroxylation sites is 1. The first-order valence-electron chi connectivity index (χ1n) is 5.64. The fraction of sp³-hybridized carbons (Fsp3) is 0.231. The molecule has 0 bridgehead atoms. The Hall–Kier alpha value is -1.82. The van der Waals surface area contributed by atoms with Gasteiger partial charge in [0.2, 0.25) is 0 Å². The summed E-state index contributed by atoms with van der Waals surface area (Å²) in [7, 11) is 1.33. The van der Waals surface area contributed by atoms with Crippen molar-refractivity contribution < 1.29 is 14.3 Å². The molecule has 1 heterocycles. The number of halogens is 1. The van der Waals surface area contributed by atoms with Gasteiger partial charge in [0.15, 0.2) is 0 Å². The summed E-state index contributed by atoms with van der Waals surface area (Å²) in [4.78, 5) is 22.4. The molecule has 0 saturated carbocycles. The van der Waals surface area contributed by atoms with Crippen molar-refractivity contribution in [2.24, 2.45) is 5.73 Å². The third kappa shape index (κ3) is 2.63. The van der Waals surface area contributed by atoms with Gasteiger partial charge < -0.3 is 15.0 Å². The molecular weight excluding hydrogens is 312 g/mol. The summed E-state index contributed by atoms with van der Waals surface area (Å²) >= 11 is 3.26. The molecule has 0 saturated heterocycles. The zero-order chi connectivity index (χ0) is 14.0. The lowest BCUT2D eigenvalue weighted by atomic mass is 10.2. The van der Waals surface area contributed by atoms with E-state index in [0.717, 1.165) is 10.9 Å². The Bertz CT molecular complexity index is 636. The van der Waals surface area contributed by atoms with Gasteiger partial charge in [-0.05, 0) is 6.07 Å². The second kappa shape index (κ2) is 5.44. The van der Waals surface area contributed by atoms with Crippen LogP contribution in [0.3, 0.4) is 0 Å². The first-order chi connectivity index (χ1) is 9.04. The number of amides is 1. The molecule has 0 aliphatic rings. The highest BCUT2D eigenvalue weighted by atomic mass is 79.9. The molecule has 19 heavy (non-hydrogen) atoms. The molecule has 0 aliphatic heterocycles. The maximum Gasteiger partial charge on any atom is 0.321 e. The minimum atomic E-state index is -0.487. The first kappa shape index (κ1) is 13.6. The van der Waals surface area contributed by atoms with Crippen molar-refractivity contribution in [2.75, 3.05) is 7.11 Å². The van der Waals surface area contributed by atoms with Crippen molar-refractivity contribution in [3.63, 3.8) is 0 Å². The van der Waals surface area contributed by atoms with E-state index in [2.05, 4.69) is 20.7 Å². The smallest absolute Gasteiger partial charge is 0.321 e. The van der Waals surface area contributed by atoms with Crippen LogP contribution in [0.15, 0.2) is 30.5 Å². The fourth-order valence-electron chi connectivity index (χ4n) is 1.97.